The van der Waals surface area contributed by atoms with E-state index in [1.165, 1.54) is 12.1 Å². The number of rotatable bonds is 10. The molecule has 1 spiro atoms. The average molecular weight is 697 g/mol. The van der Waals surface area contributed by atoms with Crippen LogP contribution in [0.15, 0.2) is 72.9 Å². The SMILES string of the molecule is C[C@@H]1[C@@H]([Si](C)(C)O)[C@H](CCn2cc(CCO)nn2)O[C@@]12C(=O)N(Cc1cccc(N3C(=O)CCc4ccccc43)c1)c1ccc([N+](=O)[O-])cc12. The maximum atomic E-state index is 14.9. The molecule has 13 nitrogen and oxygen atoms in total. The van der Waals surface area contributed by atoms with E-state index in [-0.39, 0.29) is 36.2 Å². The summed E-state index contributed by atoms with van der Waals surface area (Å²) in [5.74, 6) is -0.861. The molecule has 260 valence electrons. The van der Waals surface area contributed by atoms with Crippen molar-refractivity contribution in [2.45, 2.75) is 76.0 Å². The van der Waals surface area contributed by atoms with Crippen molar-refractivity contribution in [1.82, 2.24) is 15.0 Å². The standard InChI is InChI=1S/C36H40N6O7Si/c1-23-34(50(2,3)48)32(15-17-39-22-26(16-18-43)37-38-39)49-36(23)29-20-28(42(46)47)12-13-31(29)40(35(36)45)21-24-7-6-9-27(19-24)41-30-10-5-4-8-25(30)11-14-33(41)44/h4-10,12-13,19-20,22-23,32,34,43,48H,11,14-18,21H2,1-3H3/t23-,32+,34-,36+/m1/s1. The van der Waals surface area contributed by atoms with Gasteiger partial charge < -0.3 is 19.5 Å². The second kappa shape index (κ2) is 12.8. The molecule has 0 radical (unpaired) electrons. The number of aryl methyl sites for hydroxylation is 2. The van der Waals surface area contributed by atoms with Gasteiger partial charge in [-0.25, -0.2) is 0 Å². The summed E-state index contributed by atoms with van der Waals surface area (Å²) < 4.78 is 8.52. The van der Waals surface area contributed by atoms with Gasteiger partial charge in [-0.1, -0.05) is 42.5 Å². The molecule has 2 N–H and O–H groups in total. The van der Waals surface area contributed by atoms with Crippen molar-refractivity contribution in [3.05, 3.63) is 105 Å². The smallest absolute Gasteiger partial charge is 0.269 e. The van der Waals surface area contributed by atoms with Crippen molar-refractivity contribution in [3.8, 4) is 0 Å². The number of aliphatic hydroxyl groups is 1. The quantitative estimate of drug-likeness (QED) is 0.135. The molecule has 4 heterocycles. The Morgan fingerprint density at radius 2 is 1.86 bits per heavy atom. The Kier molecular flexibility index (Phi) is 8.66. The van der Waals surface area contributed by atoms with Crippen molar-refractivity contribution in [2.24, 2.45) is 5.92 Å². The molecular weight excluding hydrogens is 657 g/mol. The molecule has 50 heavy (non-hydrogen) atoms. The fourth-order valence-electron chi connectivity index (χ4n) is 8.23. The lowest BCUT2D eigenvalue weighted by molar-refractivity contribution is -0.385. The van der Waals surface area contributed by atoms with Gasteiger partial charge in [-0.3, -0.25) is 29.3 Å². The van der Waals surface area contributed by atoms with Crippen molar-refractivity contribution in [3.63, 3.8) is 0 Å². The molecule has 1 aromatic heterocycles. The first-order chi connectivity index (χ1) is 23.9. The fraction of sp³-hybridized carbons (Fsp3) is 0.389. The monoisotopic (exact) mass is 696 g/mol. The summed E-state index contributed by atoms with van der Waals surface area (Å²) in [4.78, 5) is 54.6. The number of amides is 2. The summed E-state index contributed by atoms with van der Waals surface area (Å²) in [6.45, 7) is 6.05. The van der Waals surface area contributed by atoms with Gasteiger partial charge in [0.05, 0.1) is 34.6 Å². The summed E-state index contributed by atoms with van der Waals surface area (Å²) in [6, 6.07) is 19.8. The minimum absolute atomic E-state index is 0.00808. The first-order valence-corrected chi connectivity index (χ1v) is 20.0. The van der Waals surface area contributed by atoms with Crippen LogP contribution in [0.4, 0.5) is 22.7 Å². The van der Waals surface area contributed by atoms with Crippen LogP contribution in [0.5, 0.6) is 0 Å². The van der Waals surface area contributed by atoms with Gasteiger partial charge in [0.25, 0.3) is 11.6 Å². The summed E-state index contributed by atoms with van der Waals surface area (Å²) in [5, 5.41) is 29.6. The highest BCUT2D eigenvalue weighted by Crippen LogP contribution is 2.60. The van der Waals surface area contributed by atoms with Crippen LogP contribution >= 0.6 is 0 Å². The van der Waals surface area contributed by atoms with Gasteiger partial charge in [-0.2, -0.15) is 0 Å². The second-order valence-corrected chi connectivity index (χ2v) is 17.9. The normalized spacial score (nSPS) is 23.1. The number of aliphatic hydroxyl groups excluding tert-OH is 1. The maximum Gasteiger partial charge on any atom is 0.269 e. The third-order valence-corrected chi connectivity index (χ3v) is 12.9. The number of nitro groups is 1. The molecule has 3 aromatic carbocycles. The number of benzene rings is 3. The van der Waals surface area contributed by atoms with E-state index in [1.54, 1.807) is 26.7 Å². The first kappa shape index (κ1) is 33.7. The Hall–Kier alpha value is -4.76. The lowest BCUT2D eigenvalue weighted by atomic mass is 9.82. The van der Waals surface area contributed by atoms with Gasteiger partial charge in [0.15, 0.2) is 13.9 Å². The molecule has 1 saturated heterocycles. The zero-order valence-electron chi connectivity index (χ0n) is 28.2. The average Bonchev–Trinajstić information content (AvgIpc) is 3.73. The van der Waals surface area contributed by atoms with Crippen LogP contribution in [-0.4, -0.2) is 62.7 Å². The number of hydrogen-bond donors (Lipinski definition) is 2. The molecule has 4 aromatic rings. The van der Waals surface area contributed by atoms with E-state index in [0.717, 1.165) is 16.8 Å². The summed E-state index contributed by atoms with van der Waals surface area (Å²) in [5.41, 5.74) is 2.87. The molecule has 0 saturated carbocycles. The predicted molar refractivity (Wildman–Crippen MR) is 187 cm³/mol. The highest BCUT2D eigenvalue weighted by atomic mass is 28.4. The zero-order valence-corrected chi connectivity index (χ0v) is 29.2. The number of nitrogens with zero attached hydrogens (tertiary/aromatic N) is 6. The first-order valence-electron chi connectivity index (χ1n) is 16.9. The van der Waals surface area contributed by atoms with E-state index in [0.29, 0.717) is 54.9 Å². The van der Waals surface area contributed by atoms with Crippen LogP contribution in [-0.2, 0) is 45.9 Å². The Bertz CT molecular complexity index is 1980. The van der Waals surface area contributed by atoms with Gasteiger partial charge in [-0.15, -0.1) is 5.10 Å². The summed E-state index contributed by atoms with van der Waals surface area (Å²) in [6.07, 6.45) is 3.07. The third-order valence-electron chi connectivity index (χ3n) is 10.4. The van der Waals surface area contributed by atoms with Crippen molar-refractivity contribution in [2.75, 3.05) is 16.4 Å². The van der Waals surface area contributed by atoms with Crippen LogP contribution < -0.4 is 9.80 Å². The van der Waals surface area contributed by atoms with E-state index in [2.05, 4.69) is 10.3 Å². The molecule has 1 fully saturated rings. The Morgan fingerprint density at radius 1 is 1.06 bits per heavy atom. The van der Waals surface area contributed by atoms with Crippen molar-refractivity contribution < 1.29 is 29.2 Å². The summed E-state index contributed by atoms with van der Waals surface area (Å²) >= 11 is 0. The minimum Gasteiger partial charge on any atom is -0.432 e. The van der Waals surface area contributed by atoms with Crippen LogP contribution in [0.3, 0.4) is 0 Å². The molecule has 0 aliphatic carbocycles. The number of nitro benzene ring substituents is 1. The number of carbonyl (C=O) groups is 2. The lowest BCUT2D eigenvalue weighted by Gasteiger charge is -2.32. The molecule has 4 atom stereocenters. The van der Waals surface area contributed by atoms with E-state index in [4.69, 9.17) is 4.74 Å². The zero-order chi connectivity index (χ0) is 35.4. The number of fused-ring (bicyclic) bond motifs is 3. The lowest BCUT2D eigenvalue weighted by Crippen LogP contribution is -2.46. The molecule has 7 rings (SSSR count). The predicted octanol–water partition coefficient (Wildman–Crippen LogP) is 4.77. The molecule has 0 unspecified atom stereocenters. The van der Waals surface area contributed by atoms with Crippen molar-refractivity contribution in [1.29, 1.82) is 0 Å². The maximum absolute atomic E-state index is 14.9. The molecule has 3 aliphatic heterocycles. The van der Waals surface area contributed by atoms with Gasteiger partial charge in [0.1, 0.15) is 0 Å². The second-order valence-electron chi connectivity index (χ2n) is 14.0. The van der Waals surface area contributed by atoms with E-state index in [9.17, 15) is 29.6 Å². The Labute approximate surface area is 290 Å². The largest absolute Gasteiger partial charge is 0.432 e. The minimum atomic E-state index is -2.98. The highest BCUT2D eigenvalue weighted by Gasteiger charge is 2.66. The fourth-order valence-corrected chi connectivity index (χ4v) is 10.8. The molecule has 3 aliphatic rings. The van der Waals surface area contributed by atoms with E-state index < -0.39 is 30.9 Å². The molecular formula is C36H40N6O7Si. The van der Waals surface area contributed by atoms with Gasteiger partial charge in [0, 0.05) is 67.0 Å². The number of hydrogen-bond acceptors (Lipinski definition) is 9. The van der Waals surface area contributed by atoms with Gasteiger partial charge in [0.2, 0.25) is 5.91 Å². The molecule has 0 bridgehead atoms. The van der Waals surface area contributed by atoms with Crippen LogP contribution in [0, 0.1) is 16.0 Å². The number of para-hydroxylation sites is 1. The number of non-ortho nitro benzene ring substituents is 1. The number of ether oxygens (including phenoxy) is 1. The van der Waals surface area contributed by atoms with Gasteiger partial charge in [-0.05, 0) is 61.3 Å². The Balaban J connectivity index is 1.24. The Morgan fingerprint density at radius 3 is 2.62 bits per heavy atom. The van der Waals surface area contributed by atoms with Crippen LogP contribution in [0.25, 0.3) is 0 Å². The summed E-state index contributed by atoms with van der Waals surface area (Å²) in [7, 11) is -2.98. The topological polar surface area (TPSA) is 164 Å². The van der Waals surface area contributed by atoms with Crippen LogP contribution in [0.1, 0.15) is 42.1 Å². The highest BCUT2D eigenvalue weighted by molar-refractivity contribution is 6.71. The third kappa shape index (κ3) is 5.71. The van der Waals surface area contributed by atoms with E-state index >= 15 is 0 Å². The van der Waals surface area contributed by atoms with Crippen molar-refractivity contribution >= 4 is 42.9 Å². The number of aromatic nitrogens is 3. The number of carbonyl (C=O) groups excluding carboxylic acids is 2. The number of anilines is 3. The van der Waals surface area contributed by atoms with Crippen LogP contribution in [0.2, 0.25) is 18.6 Å². The van der Waals surface area contributed by atoms with Gasteiger partial charge >= 0.3 is 0 Å². The molecule has 2 amide bonds. The van der Waals surface area contributed by atoms with E-state index in [1.807, 2.05) is 68.5 Å². The molecule has 14 heteroatoms.